The summed E-state index contributed by atoms with van der Waals surface area (Å²) in [5.41, 5.74) is 8.92. The third-order valence-electron chi connectivity index (χ3n) is 6.88. The number of terminal acetylenes is 1. The van der Waals surface area contributed by atoms with Crippen LogP contribution < -0.4 is 10.6 Å². The fraction of sp³-hybridized carbons (Fsp3) is 0.440. The molecule has 0 spiro atoms. The van der Waals surface area contributed by atoms with E-state index in [-0.39, 0.29) is 5.75 Å². The van der Waals surface area contributed by atoms with Gasteiger partial charge in [0, 0.05) is 67.5 Å². The molecule has 3 heterocycles. The number of benzene rings is 1. The molecule has 5 rings (SSSR count). The zero-order chi connectivity index (χ0) is 22.8. The number of phenolic OH excluding ortho intramolecular Hbond substituents is 1. The average molecular weight is 463 g/mol. The van der Waals surface area contributed by atoms with Crippen LogP contribution in [-0.4, -0.2) is 76.7 Å². The van der Waals surface area contributed by atoms with Gasteiger partial charge in [-0.15, -0.1) is 17.8 Å². The second-order valence-electron chi connectivity index (χ2n) is 8.83. The standard InChI is InChI=1S/C25H30N6OS/c1-2-10-30(18-5-6-20-23(17-18)33-25(26)28-20)14-11-29-12-15-31(16-13-29)21-7-8-22(32)24-19(21)4-3-9-27-24/h1,3-4,7-9,18,32H,5-6,10-17H2,(H2,26,28). The normalized spacial score (nSPS) is 19.0. The molecule has 1 saturated heterocycles. The Hall–Kier alpha value is -2.86. The van der Waals surface area contributed by atoms with E-state index in [2.05, 4.69) is 30.6 Å². The van der Waals surface area contributed by atoms with Gasteiger partial charge in [0.25, 0.3) is 0 Å². The van der Waals surface area contributed by atoms with E-state index in [0.717, 1.165) is 69.6 Å². The Bertz CT molecular complexity index is 1160. The molecule has 1 aliphatic heterocycles. The van der Waals surface area contributed by atoms with E-state index in [0.29, 0.717) is 23.2 Å². The number of hydrogen-bond acceptors (Lipinski definition) is 8. The Morgan fingerprint density at radius 1 is 1.24 bits per heavy atom. The third-order valence-corrected chi connectivity index (χ3v) is 7.83. The molecule has 1 aromatic carbocycles. The predicted molar refractivity (Wildman–Crippen MR) is 135 cm³/mol. The van der Waals surface area contributed by atoms with Gasteiger partial charge in [-0.3, -0.25) is 14.8 Å². The summed E-state index contributed by atoms with van der Waals surface area (Å²) >= 11 is 1.63. The number of aromatic hydroxyl groups is 1. The largest absolute Gasteiger partial charge is 0.506 e. The van der Waals surface area contributed by atoms with Crippen LogP contribution in [0.25, 0.3) is 10.9 Å². The highest BCUT2D eigenvalue weighted by Gasteiger charge is 2.27. The van der Waals surface area contributed by atoms with Gasteiger partial charge in [-0.2, -0.15) is 0 Å². The molecule has 0 amide bonds. The highest BCUT2D eigenvalue weighted by molar-refractivity contribution is 7.15. The number of nitrogen functional groups attached to an aromatic ring is 1. The molecule has 0 saturated carbocycles. The second-order valence-corrected chi connectivity index (χ2v) is 9.94. The fourth-order valence-corrected chi connectivity index (χ4v) is 6.05. The highest BCUT2D eigenvalue weighted by atomic mass is 32.1. The number of hydrogen-bond donors (Lipinski definition) is 2. The van der Waals surface area contributed by atoms with Crippen LogP contribution in [0.15, 0.2) is 30.5 Å². The van der Waals surface area contributed by atoms with Crippen molar-refractivity contribution in [3.63, 3.8) is 0 Å². The molecule has 1 fully saturated rings. The number of aryl methyl sites for hydroxylation is 1. The van der Waals surface area contributed by atoms with Crippen molar-refractivity contribution in [2.45, 2.75) is 25.3 Å². The fourth-order valence-electron chi connectivity index (χ4n) is 5.10. The summed E-state index contributed by atoms with van der Waals surface area (Å²) in [7, 11) is 0. The number of phenols is 1. The van der Waals surface area contributed by atoms with Crippen molar-refractivity contribution in [3.05, 3.63) is 41.0 Å². The Kier molecular flexibility index (Phi) is 6.36. The molecule has 172 valence electrons. The van der Waals surface area contributed by atoms with Crippen LogP contribution in [0.2, 0.25) is 0 Å². The minimum Gasteiger partial charge on any atom is -0.506 e. The predicted octanol–water partition coefficient (Wildman–Crippen LogP) is 2.59. The Balaban J connectivity index is 1.18. The van der Waals surface area contributed by atoms with Crippen molar-refractivity contribution >= 4 is 33.1 Å². The number of nitrogens with two attached hydrogens (primary N) is 1. The molecule has 7 nitrogen and oxygen atoms in total. The topological polar surface area (TPSA) is 81.8 Å². The van der Waals surface area contributed by atoms with Gasteiger partial charge >= 0.3 is 0 Å². The lowest BCUT2D eigenvalue weighted by Gasteiger charge is -2.38. The number of thiazole rings is 1. The van der Waals surface area contributed by atoms with Gasteiger partial charge < -0.3 is 15.7 Å². The van der Waals surface area contributed by atoms with Crippen molar-refractivity contribution in [2.75, 3.05) is 56.4 Å². The summed E-state index contributed by atoms with van der Waals surface area (Å²) in [6.07, 6.45) is 10.5. The molecule has 1 atom stereocenters. The molecule has 1 aliphatic carbocycles. The molecular weight excluding hydrogens is 432 g/mol. The van der Waals surface area contributed by atoms with Crippen LogP contribution in [0.1, 0.15) is 17.0 Å². The molecule has 3 N–H and O–H groups in total. The first-order chi connectivity index (χ1) is 16.1. The van der Waals surface area contributed by atoms with Crippen molar-refractivity contribution in [1.82, 2.24) is 19.8 Å². The van der Waals surface area contributed by atoms with Crippen LogP contribution in [-0.2, 0) is 12.8 Å². The Morgan fingerprint density at radius 2 is 2.09 bits per heavy atom. The van der Waals surface area contributed by atoms with E-state index in [4.69, 9.17) is 12.2 Å². The third kappa shape index (κ3) is 4.62. The number of fused-ring (bicyclic) bond motifs is 2. The second kappa shape index (κ2) is 9.56. The van der Waals surface area contributed by atoms with Crippen molar-refractivity contribution in [2.24, 2.45) is 0 Å². The summed E-state index contributed by atoms with van der Waals surface area (Å²) in [6.45, 7) is 6.60. The van der Waals surface area contributed by atoms with Crippen LogP contribution in [0.4, 0.5) is 10.8 Å². The monoisotopic (exact) mass is 462 g/mol. The minimum atomic E-state index is 0.234. The van der Waals surface area contributed by atoms with Crippen molar-refractivity contribution in [3.8, 4) is 18.1 Å². The van der Waals surface area contributed by atoms with E-state index in [1.807, 2.05) is 18.2 Å². The maximum absolute atomic E-state index is 10.1. The van der Waals surface area contributed by atoms with Gasteiger partial charge in [0.1, 0.15) is 11.3 Å². The maximum atomic E-state index is 10.1. The molecule has 2 aliphatic rings. The first kappa shape index (κ1) is 22.0. The number of piperazine rings is 1. The van der Waals surface area contributed by atoms with Crippen LogP contribution in [0, 0.1) is 12.3 Å². The molecule has 0 radical (unpaired) electrons. The Morgan fingerprint density at radius 3 is 2.91 bits per heavy atom. The quantitative estimate of drug-likeness (QED) is 0.545. The van der Waals surface area contributed by atoms with Crippen molar-refractivity contribution < 1.29 is 5.11 Å². The van der Waals surface area contributed by atoms with E-state index in [9.17, 15) is 5.11 Å². The van der Waals surface area contributed by atoms with Gasteiger partial charge in [-0.1, -0.05) is 5.92 Å². The van der Waals surface area contributed by atoms with Gasteiger partial charge in [0.2, 0.25) is 0 Å². The molecule has 2 aromatic heterocycles. The summed E-state index contributed by atoms with van der Waals surface area (Å²) < 4.78 is 0. The molecular formula is C25H30N6OS. The zero-order valence-electron chi connectivity index (χ0n) is 18.8. The number of rotatable bonds is 6. The molecule has 0 bridgehead atoms. The van der Waals surface area contributed by atoms with E-state index in [1.54, 1.807) is 23.6 Å². The van der Waals surface area contributed by atoms with E-state index < -0.39 is 0 Å². The number of nitrogens with zero attached hydrogens (tertiary/aromatic N) is 5. The minimum absolute atomic E-state index is 0.234. The van der Waals surface area contributed by atoms with Crippen LogP contribution in [0.5, 0.6) is 5.75 Å². The van der Waals surface area contributed by atoms with Gasteiger partial charge in [0.15, 0.2) is 5.13 Å². The Labute approximate surface area is 198 Å². The van der Waals surface area contributed by atoms with Crippen molar-refractivity contribution in [1.29, 1.82) is 0 Å². The average Bonchev–Trinajstić information content (AvgIpc) is 3.22. The molecule has 8 heteroatoms. The SMILES string of the molecule is C#CCN(CCN1CCN(c2ccc(O)c3ncccc23)CC1)C1CCc2nc(N)sc2C1. The lowest BCUT2D eigenvalue weighted by Crippen LogP contribution is -2.50. The number of anilines is 2. The summed E-state index contributed by atoms with van der Waals surface area (Å²) in [4.78, 5) is 17.5. The van der Waals surface area contributed by atoms with E-state index in [1.165, 1.54) is 10.6 Å². The summed E-state index contributed by atoms with van der Waals surface area (Å²) in [6, 6.07) is 8.18. The van der Waals surface area contributed by atoms with Gasteiger partial charge in [-0.25, -0.2) is 4.98 Å². The van der Waals surface area contributed by atoms with E-state index >= 15 is 0 Å². The summed E-state index contributed by atoms with van der Waals surface area (Å²) in [5.74, 6) is 3.10. The lowest BCUT2D eigenvalue weighted by molar-refractivity contribution is 0.161. The maximum Gasteiger partial charge on any atom is 0.180 e. The first-order valence-electron chi connectivity index (χ1n) is 11.6. The molecule has 3 aromatic rings. The zero-order valence-corrected chi connectivity index (χ0v) is 19.6. The first-order valence-corrected chi connectivity index (χ1v) is 12.4. The molecule has 33 heavy (non-hydrogen) atoms. The lowest BCUT2D eigenvalue weighted by atomic mass is 9.96. The molecule has 1 unspecified atom stereocenters. The van der Waals surface area contributed by atoms with Crippen LogP contribution >= 0.6 is 11.3 Å². The van der Waals surface area contributed by atoms with Crippen LogP contribution in [0.3, 0.4) is 0 Å². The smallest absolute Gasteiger partial charge is 0.180 e. The van der Waals surface area contributed by atoms with Gasteiger partial charge in [-0.05, 0) is 43.5 Å². The highest BCUT2D eigenvalue weighted by Crippen LogP contribution is 2.32. The summed E-state index contributed by atoms with van der Waals surface area (Å²) in [5, 5.41) is 11.8. The number of pyridine rings is 1. The van der Waals surface area contributed by atoms with Gasteiger partial charge in [0.05, 0.1) is 12.2 Å². The number of aromatic nitrogens is 2.